The van der Waals surface area contributed by atoms with Crippen LogP contribution >= 0.6 is 15.9 Å². The predicted octanol–water partition coefficient (Wildman–Crippen LogP) is 0.924. The standard InChI is InChI=1S/C14H13BrN4O3/c1-4-18-9-5-7(2)8(15)6-10(9)19(22)11-12(18)16-14(21)17(3)13(11)20/h5-6H,4H2,1-3H3. The van der Waals surface area contributed by atoms with Crippen molar-refractivity contribution in [3.05, 3.63) is 48.2 Å². The fourth-order valence-corrected chi connectivity index (χ4v) is 2.85. The minimum absolute atomic E-state index is 0.111. The number of halogens is 1. The van der Waals surface area contributed by atoms with E-state index in [0.717, 1.165) is 14.6 Å². The molecule has 0 fully saturated rings. The summed E-state index contributed by atoms with van der Waals surface area (Å²) in [5, 5.41) is 12.6. The molecule has 0 aliphatic carbocycles. The highest BCUT2D eigenvalue weighted by atomic mass is 79.9. The Hall–Kier alpha value is -2.22. The molecule has 7 nitrogen and oxygen atoms in total. The van der Waals surface area contributed by atoms with E-state index in [-0.39, 0.29) is 11.5 Å². The number of hydrogen-bond donors (Lipinski definition) is 0. The largest absolute Gasteiger partial charge is 0.618 e. The Balaban J connectivity index is 2.70. The first-order valence-electron chi connectivity index (χ1n) is 6.69. The minimum Gasteiger partial charge on any atom is -0.618 e. The van der Waals surface area contributed by atoms with E-state index in [1.807, 2.05) is 19.9 Å². The molecule has 0 spiro atoms. The minimum atomic E-state index is -0.673. The molecule has 1 aromatic carbocycles. The van der Waals surface area contributed by atoms with E-state index in [4.69, 9.17) is 0 Å². The third-order valence-electron chi connectivity index (χ3n) is 3.75. The predicted molar refractivity (Wildman–Crippen MR) is 84.9 cm³/mol. The maximum atomic E-state index is 12.6. The summed E-state index contributed by atoms with van der Waals surface area (Å²) in [6, 6.07) is 3.51. The van der Waals surface area contributed by atoms with Crippen LogP contribution in [0.3, 0.4) is 0 Å². The summed E-state index contributed by atoms with van der Waals surface area (Å²) in [6.45, 7) is 4.25. The summed E-state index contributed by atoms with van der Waals surface area (Å²) < 4.78 is 3.87. The molecule has 0 unspecified atom stereocenters. The van der Waals surface area contributed by atoms with E-state index in [0.29, 0.717) is 22.3 Å². The number of fused-ring (bicyclic) bond motifs is 2. The van der Waals surface area contributed by atoms with Crippen LogP contribution in [-0.4, -0.2) is 14.1 Å². The summed E-state index contributed by atoms with van der Waals surface area (Å²) in [6.07, 6.45) is 0. The lowest BCUT2D eigenvalue weighted by atomic mass is 10.2. The number of aryl methyl sites for hydroxylation is 2. The van der Waals surface area contributed by atoms with Gasteiger partial charge >= 0.3 is 16.9 Å². The number of hydrogen-bond acceptors (Lipinski definition) is 4. The van der Waals surface area contributed by atoms with Crippen molar-refractivity contribution >= 4 is 27.0 Å². The van der Waals surface area contributed by atoms with Crippen LogP contribution in [0.1, 0.15) is 12.5 Å². The average Bonchev–Trinajstić information content (AvgIpc) is 2.47. The molecule has 2 aliphatic rings. The molecule has 0 saturated heterocycles. The smallest absolute Gasteiger partial charge is 0.352 e. The van der Waals surface area contributed by atoms with Gasteiger partial charge in [0.05, 0.1) is 0 Å². The van der Waals surface area contributed by atoms with Gasteiger partial charge in [0.2, 0.25) is 11.3 Å². The summed E-state index contributed by atoms with van der Waals surface area (Å²) in [5.41, 5.74) is 0.473. The Morgan fingerprint density at radius 2 is 2.05 bits per heavy atom. The van der Waals surface area contributed by atoms with Gasteiger partial charge in [-0.15, -0.1) is 0 Å². The third kappa shape index (κ3) is 1.87. The first-order chi connectivity index (χ1) is 10.4. The van der Waals surface area contributed by atoms with Gasteiger partial charge in [-0.25, -0.2) is 4.79 Å². The van der Waals surface area contributed by atoms with Crippen LogP contribution in [0.4, 0.5) is 0 Å². The maximum absolute atomic E-state index is 12.6. The molecule has 0 saturated carbocycles. The lowest BCUT2D eigenvalue weighted by Gasteiger charge is -2.17. The molecule has 0 bridgehead atoms. The molecule has 114 valence electrons. The van der Waals surface area contributed by atoms with Gasteiger partial charge in [-0.2, -0.15) is 9.71 Å². The normalized spacial score (nSPS) is 11.5. The molecule has 0 N–H and O–H groups in total. The van der Waals surface area contributed by atoms with Gasteiger partial charge in [0.1, 0.15) is 5.52 Å². The highest BCUT2D eigenvalue weighted by Gasteiger charge is 2.28. The number of rotatable bonds is 1. The van der Waals surface area contributed by atoms with Gasteiger partial charge in [0.25, 0.3) is 0 Å². The van der Waals surface area contributed by atoms with Gasteiger partial charge in [-0.1, -0.05) is 15.9 Å². The zero-order valence-corrected chi connectivity index (χ0v) is 13.8. The molecule has 22 heavy (non-hydrogen) atoms. The highest BCUT2D eigenvalue weighted by molar-refractivity contribution is 9.10. The van der Waals surface area contributed by atoms with Crippen LogP contribution in [0, 0.1) is 12.1 Å². The fourth-order valence-electron chi connectivity index (χ4n) is 2.52. The zero-order chi connectivity index (χ0) is 16.2. The van der Waals surface area contributed by atoms with E-state index >= 15 is 0 Å². The second-order valence-corrected chi connectivity index (χ2v) is 5.91. The van der Waals surface area contributed by atoms with Crippen LogP contribution in [0.15, 0.2) is 26.2 Å². The second kappa shape index (κ2) is 4.91. The molecular formula is C14H13BrN4O3. The lowest BCUT2D eigenvalue weighted by Crippen LogP contribution is -2.46. The summed E-state index contributed by atoms with van der Waals surface area (Å²) in [7, 11) is 1.31. The van der Waals surface area contributed by atoms with Crippen molar-refractivity contribution in [2.75, 3.05) is 0 Å². The van der Waals surface area contributed by atoms with Crippen LogP contribution in [0.5, 0.6) is 0 Å². The second-order valence-electron chi connectivity index (χ2n) is 5.06. The molecule has 0 amide bonds. The van der Waals surface area contributed by atoms with Gasteiger partial charge in [-0.05, 0) is 25.5 Å². The van der Waals surface area contributed by atoms with Crippen molar-refractivity contribution in [3.8, 4) is 11.5 Å². The van der Waals surface area contributed by atoms with Crippen molar-refractivity contribution in [3.63, 3.8) is 0 Å². The fraction of sp³-hybridized carbons (Fsp3) is 0.286. The molecule has 2 aliphatic heterocycles. The summed E-state index contributed by atoms with van der Waals surface area (Å²) in [5.74, 6) is 0.111. The van der Waals surface area contributed by atoms with Crippen LogP contribution in [-0.2, 0) is 13.6 Å². The third-order valence-corrected chi connectivity index (χ3v) is 4.60. The van der Waals surface area contributed by atoms with Crippen molar-refractivity contribution in [2.24, 2.45) is 7.05 Å². The van der Waals surface area contributed by atoms with Crippen LogP contribution in [0.2, 0.25) is 0 Å². The highest BCUT2D eigenvalue weighted by Crippen LogP contribution is 2.25. The van der Waals surface area contributed by atoms with E-state index in [1.165, 1.54) is 7.05 Å². The van der Waals surface area contributed by atoms with Gasteiger partial charge in [-0.3, -0.25) is 9.36 Å². The maximum Gasteiger partial charge on any atom is 0.352 e. The number of benzene rings is 1. The lowest BCUT2D eigenvalue weighted by molar-refractivity contribution is -0.567. The van der Waals surface area contributed by atoms with Crippen LogP contribution < -0.4 is 16.0 Å². The Bertz CT molecular complexity index is 1010. The first-order valence-corrected chi connectivity index (χ1v) is 7.49. The van der Waals surface area contributed by atoms with Crippen molar-refractivity contribution in [2.45, 2.75) is 20.4 Å². The van der Waals surface area contributed by atoms with Gasteiger partial charge in [0.15, 0.2) is 0 Å². The topological polar surface area (TPSA) is 83.8 Å². The molecule has 1 aromatic rings. The van der Waals surface area contributed by atoms with Crippen molar-refractivity contribution < 1.29 is 4.73 Å². The van der Waals surface area contributed by atoms with E-state index in [1.54, 1.807) is 10.6 Å². The number of nitrogens with zero attached hydrogens (tertiary/aromatic N) is 4. The Kier molecular flexibility index (Phi) is 3.28. The van der Waals surface area contributed by atoms with Crippen LogP contribution in [0.25, 0.3) is 22.6 Å². The zero-order valence-electron chi connectivity index (χ0n) is 12.3. The van der Waals surface area contributed by atoms with E-state index in [9.17, 15) is 14.8 Å². The monoisotopic (exact) mass is 364 g/mol. The SMILES string of the molecule is CCn1c2nc(=O)n(C)c(=O)c-2[n+]([O-])c2cc(Br)c(C)cc21. The molecule has 3 rings (SSSR count). The first kappa shape index (κ1) is 14.7. The molecule has 0 atom stereocenters. The Morgan fingerprint density at radius 1 is 1.36 bits per heavy atom. The van der Waals surface area contributed by atoms with Gasteiger partial charge in [0, 0.05) is 24.1 Å². The summed E-state index contributed by atoms with van der Waals surface area (Å²) in [4.78, 5) is 28.0. The number of aromatic nitrogens is 4. The Labute approximate surface area is 133 Å². The van der Waals surface area contributed by atoms with E-state index < -0.39 is 11.2 Å². The molecule has 0 radical (unpaired) electrons. The molecular weight excluding hydrogens is 352 g/mol. The molecule has 2 heterocycles. The summed E-state index contributed by atoms with van der Waals surface area (Å²) >= 11 is 3.40. The quantitative estimate of drug-likeness (QED) is 0.365. The van der Waals surface area contributed by atoms with E-state index in [2.05, 4.69) is 20.9 Å². The van der Waals surface area contributed by atoms with Crippen molar-refractivity contribution in [1.82, 2.24) is 14.1 Å². The Morgan fingerprint density at radius 3 is 2.68 bits per heavy atom. The molecule has 0 aromatic heterocycles. The molecule has 8 heteroatoms. The average molecular weight is 365 g/mol. The van der Waals surface area contributed by atoms with Gasteiger partial charge < -0.3 is 9.77 Å². The van der Waals surface area contributed by atoms with Crippen molar-refractivity contribution in [1.29, 1.82) is 0 Å².